The standard InChI is InChI=1S/C43H47NO/c1-28-11-21-37-39(23-28)45-40-27-35(43(8,9)10)20-22-38(40)44(37)36-25-31(29-12-16-33(17-13-29)41(2,3)4)24-32(26-36)30-14-18-34(19-15-30)42(5,6)7/h11-27H,1-10H3. The smallest absolute Gasteiger partial charge is 0.151 e. The van der Waals surface area contributed by atoms with E-state index in [2.05, 4.69) is 177 Å². The summed E-state index contributed by atoms with van der Waals surface area (Å²) in [5, 5.41) is 0. The molecule has 0 saturated carbocycles. The number of fused-ring (bicyclic) bond motifs is 2. The third kappa shape index (κ3) is 6.16. The van der Waals surface area contributed by atoms with Crippen LogP contribution >= 0.6 is 0 Å². The third-order valence-corrected chi connectivity index (χ3v) is 8.99. The first-order valence-corrected chi connectivity index (χ1v) is 16.2. The second-order valence-electron chi connectivity index (χ2n) is 15.8. The molecule has 2 nitrogen and oxygen atoms in total. The van der Waals surface area contributed by atoms with Gasteiger partial charge < -0.3 is 9.64 Å². The zero-order chi connectivity index (χ0) is 32.3. The molecule has 1 aliphatic heterocycles. The molecule has 45 heavy (non-hydrogen) atoms. The summed E-state index contributed by atoms with van der Waals surface area (Å²) in [5.41, 5.74) is 13.3. The highest BCUT2D eigenvalue weighted by atomic mass is 16.5. The molecule has 0 N–H and O–H groups in total. The zero-order valence-corrected chi connectivity index (χ0v) is 28.7. The molecule has 0 aromatic heterocycles. The third-order valence-electron chi connectivity index (χ3n) is 8.99. The van der Waals surface area contributed by atoms with Crippen molar-refractivity contribution >= 4 is 17.1 Å². The van der Waals surface area contributed by atoms with Crippen molar-refractivity contribution in [1.82, 2.24) is 0 Å². The van der Waals surface area contributed by atoms with Crippen molar-refractivity contribution in [3.63, 3.8) is 0 Å². The quantitative estimate of drug-likeness (QED) is 0.202. The van der Waals surface area contributed by atoms with Gasteiger partial charge in [0.15, 0.2) is 11.5 Å². The van der Waals surface area contributed by atoms with Gasteiger partial charge in [-0.3, -0.25) is 0 Å². The molecule has 1 heterocycles. The van der Waals surface area contributed by atoms with E-state index in [-0.39, 0.29) is 16.2 Å². The molecular formula is C43H47NO. The van der Waals surface area contributed by atoms with E-state index in [1.54, 1.807) is 0 Å². The Kier molecular flexibility index (Phi) is 7.47. The van der Waals surface area contributed by atoms with Crippen LogP contribution in [-0.2, 0) is 16.2 Å². The van der Waals surface area contributed by atoms with Gasteiger partial charge >= 0.3 is 0 Å². The molecule has 2 heteroatoms. The van der Waals surface area contributed by atoms with Crippen LogP contribution in [0.25, 0.3) is 22.3 Å². The van der Waals surface area contributed by atoms with Crippen molar-refractivity contribution < 1.29 is 4.74 Å². The van der Waals surface area contributed by atoms with Crippen molar-refractivity contribution in [3.05, 3.63) is 125 Å². The molecular weight excluding hydrogens is 546 g/mol. The van der Waals surface area contributed by atoms with Gasteiger partial charge in [-0.2, -0.15) is 0 Å². The lowest BCUT2D eigenvalue weighted by atomic mass is 9.85. The van der Waals surface area contributed by atoms with Crippen LogP contribution in [0.2, 0.25) is 0 Å². The first-order chi connectivity index (χ1) is 21.1. The van der Waals surface area contributed by atoms with Crippen LogP contribution in [0.5, 0.6) is 11.5 Å². The highest BCUT2D eigenvalue weighted by molar-refractivity contribution is 5.90. The average molecular weight is 594 g/mol. The molecule has 0 saturated heterocycles. The Morgan fingerprint density at radius 3 is 1.31 bits per heavy atom. The number of benzene rings is 5. The maximum Gasteiger partial charge on any atom is 0.151 e. The molecule has 0 bridgehead atoms. The van der Waals surface area contributed by atoms with E-state index in [0.29, 0.717) is 0 Å². The average Bonchev–Trinajstić information content (AvgIpc) is 2.98. The van der Waals surface area contributed by atoms with Crippen molar-refractivity contribution in [2.24, 2.45) is 0 Å². The number of aryl methyl sites for hydroxylation is 1. The van der Waals surface area contributed by atoms with Gasteiger partial charge in [0, 0.05) is 5.69 Å². The van der Waals surface area contributed by atoms with E-state index < -0.39 is 0 Å². The van der Waals surface area contributed by atoms with Gasteiger partial charge in [0.2, 0.25) is 0 Å². The molecule has 5 aromatic carbocycles. The van der Waals surface area contributed by atoms with Crippen LogP contribution in [0.15, 0.2) is 103 Å². The predicted octanol–water partition coefficient (Wildman–Crippen LogP) is 12.8. The largest absolute Gasteiger partial charge is 0.453 e. The lowest BCUT2D eigenvalue weighted by Gasteiger charge is -2.34. The lowest BCUT2D eigenvalue weighted by Crippen LogP contribution is -2.18. The minimum atomic E-state index is 0.0155. The zero-order valence-electron chi connectivity index (χ0n) is 28.7. The van der Waals surface area contributed by atoms with Crippen molar-refractivity contribution in [2.45, 2.75) is 85.5 Å². The maximum atomic E-state index is 6.62. The van der Waals surface area contributed by atoms with E-state index in [4.69, 9.17) is 4.74 Å². The second kappa shape index (κ2) is 10.9. The molecule has 5 aromatic rings. The number of hydrogen-bond acceptors (Lipinski definition) is 2. The summed E-state index contributed by atoms with van der Waals surface area (Å²) in [6.45, 7) is 22.5. The molecule has 0 spiro atoms. The Balaban J connectivity index is 1.57. The maximum absolute atomic E-state index is 6.62. The minimum Gasteiger partial charge on any atom is -0.453 e. The molecule has 230 valence electrons. The fourth-order valence-corrected chi connectivity index (χ4v) is 6.06. The van der Waals surface area contributed by atoms with Crippen molar-refractivity contribution in [1.29, 1.82) is 0 Å². The fourth-order valence-electron chi connectivity index (χ4n) is 6.06. The fraction of sp³-hybridized carbons (Fsp3) is 0.302. The van der Waals surface area contributed by atoms with E-state index in [0.717, 1.165) is 28.6 Å². The predicted molar refractivity (Wildman–Crippen MR) is 193 cm³/mol. The van der Waals surface area contributed by atoms with Crippen molar-refractivity contribution in [3.8, 4) is 33.8 Å². The summed E-state index contributed by atoms with van der Waals surface area (Å²) < 4.78 is 6.62. The first kappa shape index (κ1) is 30.7. The van der Waals surface area contributed by atoms with Gasteiger partial charge in [-0.15, -0.1) is 0 Å². The van der Waals surface area contributed by atoms with Crippen LogP contribution in [0, 0.1) is 6.92 Å². The number of hydrogen-bond donors (Lipinski definition) is 0. The molecule has 0 amide bonds. The molecule has 0 aliphatic carbocycles. The normalized spacial score (nSPS) is 13.2. The summed E-state index contributed by atoms with van der Waals surface area (Å²) in [6.07, 6.45) is 0. The Morgan fingerprint density at radius 2 is 0.844 bits per heavy atom. The van der Waals surface area contributed by atoms with Crippen LogP contribution < -0.4 is 9.64 Å². The monoisotopic (exact) mass is 593 g/mol. The Hall–Kier alpha value is -4.30. The number of rotatable bonds is 3. The number of ether oxygens (including phenoxy) is 1. The number of nitrogens with zero attached hydrogens (tertiary/aromatic N) is 1. The van der Waals surface area contributed by atoms with Gasteiger partial charge in [0.1, 0.15) is 0 Å². The molecule has 0 fully saturated rings. The summed E-state index contributed by atoms with van der Waals surface area (Å²) in [5.74, 6) is 1.76. The van der Waals surface area contributed by atoms with Crippen molar-refractivity contribution in [2.75, 3.05) is 4.90 Å². The molecule has 0 radical (unpaired) electrons. The van der Waals surface area contributed by atoms with Crippen LogP contribution in [0.4, 0.5) is 17.1 Å². The minimum absolute atomic E-state index is 0.0155. The van der Waals surface area contributed by atoms with Crippen LogP contribution in [0.1, 0.15) is 84.6 Å². The van der Waals surface area contributed by atoms with Gasteiger partial charge in [-0.25, -0.2) is 0 Å². The van der Waals surface area contributed by atoms with Gasteiger partial charge in [-0.05, 0) is 110 Å². The van der Waals surface area contributed by atoms with E-state index >= 15 is 0 Å². The summed E-state index contributed by atoms with van der Waals surface area (Å²) in [4.78, 5) is 2.38. The highest BCUT2D eigenvalue weighted by Gasteiger charge is 2.28. The topological polar surface area (TPSA) is 12.5 Å². The molecule has 1 aliphatic rings. The highest BCUT2D eigenvalue weighted by Crippen LogP contribution is 2.52. The molecule has 6 rings (SSSR count). The molecule has 0 unspecified atom stereocenters. The Labute approximate surface area is 270 Å². The van der Waals surface area contributed by atoms with Gasteiger partial charge in [-0.1, -0.05) is 123 Å². The van der Waals surface area contributed by atoms with E-state index in [1.807, 2.05) is 0 Å². The Bertz CT molecular complexity index is 1780. The van der Waals surface area contributed by atoms with E-state index in [1.165, 1.54) is 44.5 Å². The summed E-state index contributed by atoms with van der Waals surface area (Å²) in [7, 11) is 0. The Morgan fingerprint density at radius 1 is 0.422 bits per heavy atom. The summed E-state index contributed by atoms with van der Waals surface area (Å²) >= 11 is 0. The first-order valence-electron chi connectivity index (χ1n) is 16.2. The summed E-state index contributed by atoms with van der Waals surface area (Å²) in [6, 6.07) is 38.4. The molecule has 0 atom stereocenters. The van der Waals surface area contributed by atoms with Crippen LogP contribution in [-0.4, -0.2) is 0 Å². The van der Waals surface area contributed by atoms with Crippen LogP contribution in [0.3, 0.4) is 0 Å². The lowest BCUT2D eigenvalue weighted by molar-refractivity contribution is 0.472. The number of anilines is 3. The SMILES string of the molecule is Cc1ccc2c(c1)Oc1cc(C(C)(C)C)ccc1N2c1cc(-c2ccc(C(C)(C)C)cc2)cc(-c2ccc(C(C)(C)C)cc2)c1. The van der Waals surface area contributed by atoms with E-state index in [9.17, 15) is 0 Å². The van der Waals surface area contributed by atoms with Gasteiger partial charge in [0.25, 0.3) is 0 Å². The second-order valence-corrected chi connectivity index (χ2v) is 15.8. The van der Waals surface area contributed by atoms with Gasteiger partial charge in [0.05, 0.1) is 11.4 Å².